The van der Waals surface area contributed by atoms with E-state index >= 15 is 0 Å². The monoisotopic (exact) mass is 214 g/mol. The van der Waals surface area contributed by atoms with Crippen LogP contribution in [0, 0.1) is 5.21 Å². The van der Waals surface area contributed by atoms with E-state index in [1.54, 1.807) is 6.20 Å². The molecule has 0 radical (unpaired) electrons. The van der Waals surface area contributed by atoms with Gasteiger partial charge in [-0.1, -0.05) is 20.3 Å². The van der Waals surface area contributed by atoms with E-state index in [1.807, 2.05) is 13.8 Å². The number of hydrogen-bond donors (Lipinski definition) is 0. The molecule has 0 saturated heterocycles. The van der Waals surface area contributed by atoms with Gasteiger partial charge < -0.3 is 5.21 Å². The van der Waals surface area contributed by atoms with Crippen molar-refractivity contribution >= 4 is 11.6 Å². The van der Waals surface area contributed by atoms with E-state index in [0.717, 1.165) is 30.4 Å². The van der Waals surface area contributed by atoms with Crippen molar-refractivity contribution in [2.24, 2.45) is 0 Å². The summed E-state index contributed by atoms with van der Waals surface area (Å²) < 4.78 is 0.795. The van der Waals surface area contributed by atoms with E-state index in [0.29, 0.717) is 11.4 Å². The van der Waals surface area contributed by atoms with E-state index in [4.69, 9.17) is 11.6 Å². The molecule has 3 nitrogen and oxygen atoms in total. The lowest BCUT2D eigenvalue weighted by Crippen LogP contribution is -2.35. The molecule has 0 fully saturated rings. The fraction of sp³-hybridized carbons (Fsp3) is 0.600. The zero-order chi connectivity index (χ0) is 10.6. The lowest BCUT2D eigenvalue weighted by Gasteiger charge is -2.07. The highest BCUT2D eigenvalue weighted by Gasteiger charge is 2.14. The number of hydrogen-bond acceptors (Lipinski definition) is 2. The molecule has 0 bridgehead atoms. The molecule has 1 aromatic heterocycles. The maximum Gasteiger partial charge on any atom is 0.308 e. The van der Waals surface area contributed by atoms with E-state index in [9.17, 15) is 5.21 Å². The molecular formula is C10H15ClN2O. The van der Waals surface area contributed by atoms with Crippen molar-refractivity contribution in [2.75, 3.05) is 0 Å². The van der Waals surface area contributed by atoms with Crippen molar-refractivity contribution in [3.63, 3.8) is 0 Å². The molecule has 4 heteroatoms. The highest BCUT2D eigenvalue weighted by atomic mass is 35.5. The Balaban J connectivity index is 2.99. The summed E-state index contributed by atoms with van der Waals surface area (Å²) in [6, 6.07) is 0. The Labute approximate surface area is 89.3 Å². The van der Waals surface area contributed by atoms with Gasteiger partial charge in [0.1, 0.15) is 5.69 Å². The van der Waals surface area contributed by atoms with Crippen molar-refractivity contribution in [1.29, 1.82) is 0 Å². The van der Waals surface area contributed by atoms with Crippen LogP contribution in [-0.2, 0) is 12.8 Å². The van der Waals surface area contributed by atoms with Crippen molar-refractivity contribution in [2.45, 2.75) is 39.5 Å². The second-order valence-corrected chi connectivity index (χ2v) is 3.64. The highest BCUT2D eigenvalue weighted by Crippen LogP contribution is 2.11. The Morgan fingerprint density at radius 3 is 2.57 bits per heavy atom. The number of aromatic nitrogens is 2. The standard InChI is InChI=1S/C10H15ClN2O/c1-3-5-8-7-12-9(6-4-2)10(11)13(8)14/h7H,3-6H2,1-2H3. The van der Waals surface area contributed by atoms with Gasteiger partial charge in [0.15, 0.2) is 0 Å². The van der Waals surface area contributed by atoms with Crippen LogP contribution >= 0.6 is 11.6 Å². The molecule has 1 heterocycles. The van der Waals surface area contributed by atoms with Crippen LogP contribution in [0.4, 0.5) is 0 Å². The zero-order valence-electron chi connectivity index (χ0n) is 8.59. The second kappa shape index (κ2) is 5.15. The van der Waals surface area contributed by atoms with Crippen LogP contribution in [-0.4, -0.2) is 4.98 Å². The number of nitrogens with zero attached hydrogens (tertiary/aromatic N) is 2. The topological polar surface area (TPSA) is 39.8 Å². The fourth-order valence-corrected chi connectivity index (χ4v) is 1.58. The van der Waals surface area contributed by atoms with Crippen LogP contribution in [0.3, 0.4) is 0 Å². The fourth-order valence-electron chi connectivity index (χ4n) is 1.33. The molecule has 1 aromatic rings. The van der Waals surface area contributed by atoms with Gasteiger partial charge in [-0.05, 0) is 24.4 Å². The zero-order valence-corrected chi connectivity index (χ0v) is 9.34. The first-order chi connectivity index (χ1) is 6.70. The summed E-state index contributed by atoms with van der Waals surface area (Å²) in [6.07, 6.45) is 4.98. The predicted octanol–water partition coefficient (Wildman–Crippen LogP) is 2.27. The molecule has 0 spiro atoms. The van der Waals surface area contributed by atoms with Gasteiger partial charge in [-0.3, -0.25) is 0 Å². The molecule has 78 valence electrons. The summed E-state index contributed by atoms with van der Waals surface area (Å²) >= 11 is 5.90. The van der Waals surface area contributed by atoms with Crippen LogP contribution in [0.2, 0.25) is 5.15 Å². The molecule has 1 rings (SSSR count). The maximum absolute atomic E-state index is 11.6. The average molecular weight is 215 g/mol. The van der Waals surface area contributed by atoms with Gasteiger partial charge in [0.05, 0.1) is 6.20 Å². The van der Waals surface area contributed by atoms with E-state index in [1.165, 1.54) is 0 Å². The first-order valence-electron chi connectivity index (χ1n) is 4.96. The molecule has 0 atom stereocenters. The first kappa shape index (κ1) is 11.2. The molecule has 14 heavy (non-hydrogen) atoms. The van der Waals surface area contributed by atoms with Gasteiger partial charge in [0.25, 0.3) is 0 Å². The first-order valence-corrected chi connectivity index (χ1v) is 5.34. The van der Waals surface area contributed by atoms with Gasteiger partial charge in [0, 0.05) is 6.42 Å². The molecule has 0 N–H and O–H groups in total. The van der Waals surface area contributed by atoms with Crippen LogP contribution in [0.25, 0.3) is 0 Å². The second-order valence-electron chi connectivity index (χ2n) is 3.28. The smallest absolute Gasteiger partial charge is 0.308 e. The van der Waals surface area contributed by atoms with Crippen molar-refractivity contribution in [3.05, 3.63) is 27.9 Å². The number of rotatable bonds is 4. The number of halogens is 1. The minimum Gasteiger partial charge on any atom is -0.617 e. The molecule has 0 saturated carbocycles. The predicted molar refractivity (Wildman–Crippen MR) is 56.2 cm³/mol. The highest BCUT2D eigenvalue weighted by molar-refractivity contribution is 6.29. The summed E-state index contributed by atoms with van der Waals surface area (Å²) in [4.78, 5) is 4.19. The molecule has 0 aromatic carbocycles. The SMILES string of the molecule is CCCc1ncc(CCC)[n+]([O-])c1Cl. The van der Waals surface area contributed by atoms with Gasteiger partial charge in [0.2, 0.25) is 5.69 Å². The summed E-state index contributed by atoms with van der Waals surface area (Å²) in [5.74, 6) is 0. The van der Waals surface area contributed by atoms with Crippen molar-refractivity contribution in [1.82, 2.24) is 4.98 Å². The molecule has 0 unspecified atom stereocenters. The average Bonchev–Trinajstić information content (AvgIpc) is 2.18. The van der Waals surface area contributed by atoms with E-state index < -0.39 is 0 Å². The Morgan fingerprint density at radius 2 is 2.00 bits per heavy atom. The van der Waals surface area contributed by atoms with Gasteiger partial charge in [-0.25, -0.2) is 4.98 Å². The minimum atomic E-state index is 0.234. The molecular weight excluding hydrogens is 200 g/mol. The quantitative estimate of drug-likeness (QED) is 0.570. The van der Waals surface area contributed by atoms with Gasteiger partial charge in [-0.2, -0.15) is 4.73 Å². The molecule has 0 aliphatic rings. The van der Waals surface area contributed by atoms with Crippen LogP contribution in [0.15, 0.2) is 6.20 Å². The normalized spacial score (nSPS) is 10.5. The molecule has 0 aliphatic carbocycles. The third kappa shape index (κ3) is 2.35. The Hall–Kier alpha value is -0.830. The maximum atomic E-state index is 11.6. The van der Waals surface area contributed by atoms with E-state index in [2.05, 4.69) is 4.98 Å². The van der Waals surface area contributed by atoms with Gasteiger partial charge >= 0.3 is 5.15 Å². The molecule has 0 aliphatic heterocycles. The Morgan fingerprint density at radius 1 is 1.36 bits per heavy atom. The third-order valence-electron chi connectivity index (χ3n) is 2.04. The van der Waals surface area contributed by atoms with Crippen molar-refractivity contribution in [3.8, 4) is 0 Å². The summed E-state index contributed by atoms with van der Waals surface area (Å²) in [5, 5.41) is 11.8. The largest absolute Gasteiger partial charge is 0.617 e. The van der Waals surface area contributed by atoms with Crippen LogP contribution in [0.1, 0.15) is 38.1 Å². The van der Waals surface area contributed by atoms with E-state index in [-0.39, 0.29) is 5.15 Å². The van der Waals surface area contributed by atoms with Crippen LogP contribution in [0.5, 0.6) is 0 Å². The number of aryl methyl sites for hydroxylation is 2. The molecule has 0 amide bonds. The lowest BCUT2D eigenvalue weighted by atomic mass is 10.2. The summed E-state index contributed by atoms with van der Waals surface area (Å²) in [6.45, 7) is 4.06. The Kier molecular flexibility index (Phi) is 4.14. The van der Waals surface area contributed by atoms with Crippen molar-refractivity contribution < 1.29 is 4.73 Å². The summed E-state index contributed by atoms with van der Waals surface area (Å²) in [5.41, 5.74) is 1.35. The summed E-state index contributed by atoms with van der Waals surface area (Å²) in [7, 11) is 0. The van der Waals surface area contributed by atoms with Crippen LogP contribution < -0.4 is 4.73 Å². The lowest BCUT2D eigenvalue weighted by molar-refractivity contribution is -0.612. The Bertz CT molecular complexity index is 284. The minimum absolute atomic E-state index is 0.234. The third-order valence-corrected chi connectivity index (χ3v) is 2.41. The van der Waals surface area contributed by atoms with Gasteiger partial charge in [-0.15, -0.1) is 0 Å².